The average Bonchev–Trinajstić information content (AvgIpc) is 2.07. The van der Waals surface area contributed by atoms with Crippen LogP contribution in [0.25, 0.3) is 0 Å². The lowest BCUT2D eigenvalue weighted by molar-refractivity contribution is -0.386. The maximum absolute atomic E-state index is 11.0. The number of rotatable bonds is 3. The summed E-state index contributed by atoms with van der Waals surface area (Å²) in [4.78, 5) is 18.0. The van der Waals surface area contributed by atoms with Gasteiger partial charge in [-0.05, 0) is 42.2 Å². The predicted molar refractivity (Wildman–Crippen MR) is 62.2 cm³/mol. The van der Waals surface area contributed by atoms with Crippen LogP contribution in [0.4, 0.5) is 5.69 Å². The molecule has 17 heavy (non-hydrogen) atoms. The number of aromatic nitrogens is 2. The van der Waals surface area contributed by atoms with Crippen LogP contribution in [-0.4, -0.2) is 14.9 Å². The largest absolute Gasteiger partial charge is 0.327 e. The molecule has 0 unspecified atom stereocenters. The summed E-state index contributed by atoms with van der Waals surface area (Å²) in [6.45, 7) is 0. The van der Waals surface area contributed by atoms with E-state index in [1.165, 1.54) is 0 Å². The van der Waals surface area contributed by atoms with E-state index in [-0.39, 0.29) is 21.5 Å². The van der Waals surface area contributed by atoms with Crippen molar-refractivity contribution in [2.75, 3.05) is 0 Å². The maximum atomic E-state index is 11.0. The molecule has 0 aromatic carbocycles. The van der Waals surface area contributed by atoms with Crippen molar-refractivity contribution < 1.29 is 4.92 Å². The Morgan fingerprint density at radius 2 is 2.00 bits per heavy atom. The molecular weight excluding hydrogens is 265 g/mol. The number of hydrogen-bond donors (Lipinski definition) is 0. The Labute approximate surface area is 107 Å². The lowest BCUT2D eigenvalue weighted by Gasteiger charge is -2.62. The highest BCUT2D eigenvalue weighted by Gasteiger charge is 2.57. The van der Waals surface area contributed by atoms with Crippen LogP contribution in [0, 0.1) is 21.4 Å². The van der Waals surface area contributed by atoms with E-state index in [1.807, 2.05) is 0 Å². The highest BCUT2D eigenvalue weighted by Crippen LogP contribution is 2.66. The summed E-state index contributed by atoms with van der Waals surface area (Å²) in [6.07, 6.45) is 4.01. The van der Waals surface area contributed by atoms with Crippen LogP contribution >= 0.6 is 23.2 Å². The zero-order chi connectivity index (χ0) is 12.2. The topological polar surface area (TPSA) is 68.9 Å². The first-order valence-electron chi connectivity index (χ1n) is 5.35. The molecule has 0 amide bonds. The molecule has 0 atom stereocenters. The normalized spacial score (nSPS) is 29.4. The smallest absolute Gasteiger partial charge is 0.258 e. The third-order valence-corrected chi connectivity index (χ3v) is 4.21. The van der Waals surface area contributed by atoms with Crippen LogP contribution in [0.15, 0.2) is 0 Å². The van der Waals surface area contributed by atoms with Gasteiger partial charge in [-0.15, -0.1) is 0 Å². The summed E-state index contributed by atoms with van der Waals surface area (Å²) < 4.78 is 0. The Balaban J connectivity index is 1.98. The van der Waals surface area contributed by atoms with Crippen LogP contribution in [0.3, 0.4) is 0 Å². The number of nitro groups is 1. The van der Waals surface area contributed by atoms with E-state index in [0.29, 0.717) is 12.1 Å². The Morgan fingerprint density at radius 3 is 2.47 bits per heavy atom. The second-order valence-corrected chi connectivity index (χ2v) is 5.69. The van der Waals surface area contributed by atoms with Crippen LogP contribution in [-0.2, 0) is 6.42 Å². The lowest BCUT2D eigenvalue weighted by atomic mass is 9.43. The van der Waals surface area contributed by atoms with Crippen molar-refractivity contribution in [3.05, 3.63) is 26.2 Å². The quantitative estimate of drug-likeness (QED) is 0.367. The van der Waals surface area contributed by atoms with Gasteiger partial charge >= 0.3 is 5.69 Å². The molecule has 0 radical (unpaired) electrons. The minimum Gasteiger partial charge on any atom is -0.258 e. The summed E-state index contributed by atoms with van der Waals surface area (Å²) >= 11 is 11.5. The molecule has 4 rings (SSSR count). The molecule has 0 saturated heterocycles. The van der Waals surface area contributed by atoms with Crippen LogP contribution in [0.5, 0.6) is 0 Å². The van der Waals surface area contributed by atoms with Crippen LogP contribution in [0.1, 0.15) is 25.0 Å². The molecule has 3 saturated carbocycles. The van der Waals surface area contributed by atoms with Crippen molar-refractivity contribution in [1.82, 2.24) is 9.97 Å². The molecule has 7 heteroatoms. The minimum atomic E-state index is -0.528. The fourth-order valence-corrected chi connectivity index (χ4v) is 3.46. The molecule has 2 bridgehead atoms. The third kappa shape index (κ3) is 1.68. The summed E-state index contributed by atoms with van der Waals surface area (Å²) in [5.41, 5.74) is 0.398. The first-order chi connectivity index (χ1) is 7.99. The van der Waals surface area contributed by atoms with E-state index in [4.69, 9.17) is 23.2 Å². The molecule has 3 aliphatic carbocycles. The fraction of sp³-hybridized carbons (Fsp3) is 0.600. The Bertz CT molecular complexity index is 503. The van der Waals surface area contributed by atoms with E-state index in [0.717, 1.165) is 25.2 Å². The van der Waals surface area contributed by atoms with Gasteiger partial charge in [0.05, 0.1) is 4.92 Å². The SMILES string of the molecule is O=[N+]([O-])c1c(Cl)nc(Cl)nc1CC12CC(C1)C2. The molecule has 1 heterocycles. The summed E-state index contributed by atoms with van der Waals surface area (Å²) in [5, 5.41) is 10.8. The monoisotopic (exact) mass is 273 g/mol. The molecule has 5 nitrogen and oxygen atoms in total. The van der Waals surface area contributed by atoms with Gasteiger partial charge in [0.15, 0.2) is 0 Å². The second-order valence-electron chi connectivity index (χ2n) is 4.99. The highest BCUT2D eigenvalue weighted by atomic mass is 35.5. The van der Waals surface area contributed by atoms with Gasteiger partial charge in [0.1, 0.15) is 5.69 Å². The summed E-state index contributed by atoms with van der Waals surface area (Å²) in [5.74, 6) is 0.821. The molecule has 0 N–H and O–H groups in total. The Morgan fingerprint density at radius 1 is 1.35 bits per heavy atom. The van der Waals surface area contributed by atoms with E-state index in [1.54, 1.807) is 0 Å². The van der Waals surface area contributed by atoms with Crippen molar-refractivity contribution >= 4 is 28.9 Å². The Kier molecular flexibility index (Phi) is 2.32. The number of halogens is 2. The van der Waals surface area contributed by atoms with Crippen molar-refractivity contribution in [3.63, 3.8) is 0 Å². The molecule has 1 aromatic rings. The van der Waals surface area contributed by atoms with Gasteiger partial charge in [-0.3, -0.25) is 10.1 Å². The summed E-state index contributed by atoms with van der Waals surface area (Å²) in [6, 6.07) is 0. The molecule has 0 aliphatic heterocycles. The van der Waals surface area contributed by atoms with Gasteiger partial charge < -0.3 is 0 Å². The highest BCUT2D eigenvalue weighted by molar-refractivity contribution is 6.33. The third-order valence-electron chi connectivity index (χ3n) is 3.78. The summed E-state index contributed by atoms with van der Waals surface area (Å²) in [7, 11) is 0. The van der Waals surface area contributed by atoms with Gasteiger partial charge in [-0.25, -0.2) is 4.98 Å². The molecule has 3 fully saturated rings. The van der Waals surface area contributed by atoms with E-state index in [9.17, 15) is 10.1 Å². The maximum Gasteiger partial charge on any atom is 0.327 e. The van der Waals surface area contributed by atoms with Gasteiger partial charge in [0.25, 0.3) is 0 Å². The van der Waals surface area contributed by atoms with E-state index >= 15 is 0 Å². The minimum absolute atomic E-state index is 0.0257. The molecule has 0 spiro atoms. The molecule has 3 aliphatic rings. The van der Waals surface area contributed by atoms with Gasteiger partial charge in [0, 0.05) is 6.42 Å². The van der Waals surface area contributed by atoms with Gasteiger partial charge in [-0.1, -0.05) is 11.6 Å². The van der Waals surface area contributed by atoms with Crippen molar-refractivity contribution in [2.45, 2.75) is 25.7 Å². The number of nitrogens with zero attached hydrogens (tertiary/aromatic N) is 3. The van der Waals surface area contributed by atoms with Crippen molar-refractivity contribution in [3.8, 4) is 0 Å². The average molecular weight is 274 g/mol. The van der Waals surface area contributed by atoms with Gasteiger partial charge in [-0.2, -0.15) is 4.98 Å². The molecule has 1 aromatic heterocycles. The van der Waals surface area contributed by atoms with Crippen molar-refractivity contribution in [2.24, 2.45) is 11.3 Å². The predicted octanol–water partition coefficient (Wildman–Crippen LogP) is 3.03. The second kappa shape index (κ2) is 3.53. The van der Waals surface area contributed by atoms with Gasteiger partial charge in [0.2, 0.25) is 10.4 Å². The molecular formula is C10H9Cl2N3O2. The Hall–Kier alpha value is -0.940. The van der Waals surface area contributed by atoms with E-state index < -0.39 is 4.92 Å². The van der Waals surface area contributed by atoms with Crippen LogP contribution < -0.4 is 0 Å². The van der Waals surface area contributed by atoms with Crippen LogP contribution in [0.2, 0.25) is 10.4 Å². The first kappa shape index (κ1) is 11.2. The van der Waals surface area contributed by atoms with E-state index in [2.05, 4.69) is 9.97 Å². The lowest BCUT2D eigenvalue weighted by Crippen LogP contribution is -2.53. The number of hydrogen-bond acceptors (Lipinski definition) is 4. The standard InChI is InChI=1S/C10H9Cl2N3O2/c11-8-7(15(16)17)6(13-9(12)14-8)4-10-1-5(2-10)3-10/h5H,1-4H2. The zero-order valence-electron chi connectivity index (χ0n) is 8.82. The first-order valence-corrected chi connectivity index (χ1v) is 6.11. The zero-order valence-corrected chi connectivity index (χ0v) is 10.3. The molecule has 90 valence electrons. The van der Waals surface area contributed by atoms with Crippen molar-refractivity contribution in [1.29, 1.82) is 0 Å². The fourth-order valence-electron chi connectivity index (χ4n) is 2.98.